The van der Waals surface area contributed by atoms with E-state index in [1.54, 1.807) is 30.3 Å². The summed E-state index contributed by atoms with van der Waals surface area (Å²) in [7, 11) is -3.71. The smallest absolute Gasteiger partial charge is 0.265 e. The summed E-state index contributed by atoms with van der Waals surface area (Å²) in [6, 6.07) is 15.9. The first-order chi connectivity index (χ1) is 17.8. The SMILES string of the molecule is CCCNC(=O)C(CC)N(Cc1ccc(F)cc1)C(=O)CCCN1c2cccc3cccc(c23)S1(=O)=O. The molecule has 0 saturated heterocycles. The number of carbonyl (C=O) groups excluding carboxylic acids is 2. The number of rotatable bonds is 11. The van der Waals surface area contributed by atoms with Crippen molar-refractivity contribution in [2.45, 2.75) is 57.0 Å². The summed E-state index contributed by atoms with van der Waals surface area (Å²) >= 11 is 0. The van der Waals surface area contributed by atoms with E-state index in [-0.39, 0.29) is 48.5 Å². The van der Waals surface area contributed by atoms with Crippen LogP contribution in [0.3, 0.4) is 0 Å². The lowest BCUT2D eigenvalue weighted by Crippen LogP contribution is -2.49. The zero-order chi connectivity index (χ0) is 26.6. The van der Waals surface area contributed by atoms with Crippen molar-refractivity contribution in [2.24, 2.45) is 0 Å². The molecule has 0 bridgehead atoms. The maximum atomic E-state index is 13.4. The van der Waals surface area contributed by atoms with Crippen molar-refractivity contribution < 1.29 is 22.4 Å². The van der Waals surface area contributed by atoms with E-state index >= 15 is 0 Å². The van der Waals surface area contributed by atoms with Crippen molar-refractivity contribution in [2.75, 3.05) is 17.4 Å². The van der Waals surface area contributed by atoms with E-state index < -0.39 is 16.1 Å². The molecule has 0 aromatic heterocycles. The highest BCUT2D eigenvalue weighted by Crippen LogP contribution is 2.42. The molecule has 3 aromatic carbocycles. The molecule has 0 fully saturated rings. The third kappa shape index (κ3) is 5.46. The van der Waals surface area contributed by atoms with Crippen LogP contribution in [0.2, 0.25) is 0 Å². The first kappa shape index (κ1) is 26.6. The fourth-order valence-corrected chi connectivity index (χ4v) is 6.54. The Morgan fingerprint density at radius 3 is 2.41 bits per heavy atom. The molecule has 1 unspecified atom stereocenters. The molecular formula is C28H32FN3O4S. The second-order valence-electron chi connectivity index (χ2n) is 9.18. The third-order valence-electron chi connectivity index (χ3n) is 6.63. The molecule has 4 rings (SSSR count). The summed E-state index contributed by atoms with van der Waals surface area (Å²) < 4.78 is 41.3. The Balaban J connectivity index is 1.51. The molecule has 1 N–H and O–H groups in total. The van der Waals surface area contributed by atoms with Gasteiger partial charge in [0.2, 0.25) is 11.8 Å². The van der Waals surface area contributed by atoms with Crippen LogP contribution in [0.4, 0.5) is 10.1 Å². The van der Waals surface area contributed by atoms with E-state index in [0.717, 1.165) is 11.8 Å². The molecule has 1 aliphatic heterocycles. The van der Waals surface area contributed by atoms with Crippen LogP contribution < -0.4 is 9.62 Å². The number of anilines is 1. The van der Waals surface area contributed by atoms with Crippen LogP contribution in [0.5, 0.6) is 0 Å². The largest absolute Gasteiger partial charge is 0.354 e. The Bertz CT molecular complexity index is 1390. The van der Waals surface area contributed by atoms with E-state index in [2.05, 4.69) is 5.32 Å². The molecule has 37 heavy (non-hydrogen) atoms. The van der Waals surface area contributed by atoms with E-state index in [0.29, 0.717) is 29.6 Å². The summed E-state index contributed by atoms with van der Waals surface area (Å²) in [6.07, 6.45) is 1.54. The van der Waals surface area contributed by atoms with Gasteiger partial charge in [-0.3, -0.25) is 13.9 Å². The van der Waals surface area contributed by atoms with Crippen LogP contribution in [-0.2, 0) is 26.2 Å². The zero-order valence-corrected chi connectivity index (χ0v) is 21.9. The minimum absolute atomic E-state index is 0.0666. The normalized spacial score (nSPS) is 14.5. The fourth-order valence-electron chi connectivity index (χ4n) is 4.79. The van der Waals surface area contributed by atoms with Gasteiger partial charge in [-0.1, -0.05) is 50.2 Å². The molecule has 0 saturated carbocycles. The van der Waals surface area contributed by atoms with E-state index in [4.69, 9.17) is 0 Å². The lowest BCUT2D eigenvalue weighted by Gasteiger charge is -2.31. The first-order valence-corrected chi connectivity index (χ1v) is 14.1. The quantitative estimate of drug-likeness (QED) is 0.396. The van der Waals surface area contributed by atoms with Crippen LogP contribution in [0.1, 0.15) is 45.1 Å². The molecule has 1 aliphatic rings. The van der Waals surface area contributed by atoms with Gasteiger partial charge < -0.3 is 10.2 Å². The molecule has 196 valence electrons. The van der Waals surface area contributed by atoms with Crippen LogP contribution >= 0.6 is 0 Å². The van der Waals surface area contributed by atoms with Gasteiger partial charge >= 0.3 is 0 Å². The Hall–Kier alpha value is -3.46. The van der Waals surface area contributed by atoms with Gasteiger partial charge in [-0.25, -0.2) is 12.8 Å². The van der Waals surface area contributed by atoms with Gasteiger partial charge in [-0.2, -0.15) is 0 Å². The lowest BCUT2D eigenvalue weighted by atomic mass is 10.1. The summed E-state index contributed by atoms with van der Waals surface area (Å²) in [5, 5.41) is 4.42. The highest BCUT2D eigenvalue weighted by Gasteiger charge is 2.35. The highest BCUT2D eigenvalue weighted by molar-refractivity contribution is 7.93. The number of amides is 2. The summed E-state index contributed by atoms with van der Waals surface area (Å²) in [5.41, 5.74) is 1.33. The van der Waals surface area contributed by atoms with Gasteiger partial charge in [0.15, 0.2) is 0 Å². The van der Waals surface area contributed by atoms with Crippen molar-refractivity contribution in [3.8, 4) is 0 Å². The molecule has 0 spiro atoms. The average molecular weight is 526 g/mol. The number of hydrogen-bond donors (Lipinski definition) is 1. The van der Waals surface area contributed by atoms with Gasteiger partial charge in [0.05, 0.1) is 10.6 Å². The average Bonchev–Trinajstić information content (AvgIpc) is 3.11. The summed E-state index contributed by atoms with van der Waals surface area (Å²) in [4.78, 5) is 28.1. The van der Waals surface area contributed by atoms with Crippen molar-refractivity contribution in [3.05, 3.63) is 72.0 Å². The second kappa shape index (κ2) is 11.3. The predicted octanol–water partition coefficient (Wildman–Crippen LogP) is 4.60. The van der Waals surface area contributed by atoms with Crippen molar-refractivity contribution in [3.63, 3.8) is 0 Å². The fraction of sp³-hybridized carbons (Fsp3) is 0.357. The predicted molar refractivity (Wildman–Crippen MR) is 142 cm³/mol. The van der Waals surface area contributed by atoms with Gasteiger partial charge in [0, 0.05) is 31.4 Å². The Kier molecular flexibility index (Phi) is 8.12. The maximum absolute atomic E-state index is 13.4. The van der Waals surface area contributed by atoms with Crippen LogP contribution in [0.15, 0.2) is 65.6 Å². The molecule has 7 nitrogen and oxygen atoms in total. The van der Waals surface area contributed by atoms with Crippen molar-refractivity contribution in [1.82, 2.24) is 10.2 Å². The Morgan fingerprint density at radius 1 is 1.03 bits per heavy atom. The molecule has 0 aliphatic carbocycles. The summed E-state index contributed by atoms with van der Waals surface area (Å²) in [5.74, 6) is -0.864. The molecule has 3 aromatic rings. The van der Waals surface area contributed by atoms with Crippen LogP contribution in [0, 0.1) is 5.82 Å². The van der Waals surface area contributed by atoms with Gasteiger partial charge in [0.25, 0.3) is 10.0 Å². The zero-order valence-electron chi connectivity index (χ0n) is 21.1. The van der Waals surface area contributed by atoms with Crippen molar-refractivity contribution >= 4 is 38.3 Å². The maximum Gasteiger partial charge on any atom is 0.265 e. The minimum Gasteiger partial charge on any atom is -0.354 e. The van der Waals surface area contributed by atoms with Crippen molar-refractivity contribution in [1.29, 1.82) is 0 Å². The monoisotopic (exact) mass is 525 g/mol. The number of hydrogen-bond acceptors (Lipinski definition) is 4. The number of benzene rings is 3. The van der Waals surface area contributed by atoms with Crippen LogP contribution in [-0.4, -0.2) is 44.3 Å². The Morgan fingerprint density at radius 2 is 1.73 bits per heavy atom. The highest BCUT2D eigenvalue weighted by atomic mass is 32.2. The Labute approximate surface area is 217 Å². The standard InChI is InChI=1S/C28H32FN3O4S/c1-3-17-30-28(34)23(4-2)31(19-20-13-15-22(29)16-14-20)26(33)12-7-18-32-24-10-5-8-21-9-6-11-25(27(21)24)37(32,35)36/h5-6,8-11,13-16,23H,3-4,7,12,17-19H2,1-2H3,(H,30,34). The van der Waals surface area contributed by atoms with Gasteiger partial charge in [-0.15, -0.1) is 0 Å². The van der Waals surface area contributed by atoms with Gasteiger partial charge in [0.1, 0.15) is 11.9 Å². The molecule has 1 atom stereocenters. The topological polar surface area (TPSA) is 86.8 Å². The first-order valence-electron chi connectivity index (χ1n) is 12.6. The summed E-state index contributed by atoms with van der Waals surface area (Å²) in [6.45, 7) is 4.60. The van der Waals surface area contributed by atoms with Gasteiger partial charge in [-0.05, 0) is 54.5 Å². The molecular weight excluding hydrogens is 493 g/mol. The number of halogens is 1. The second-order valence-corrected chi connectivity index (χ2v) is 11.0. The number of nitrogens with zero attached hydrogens (tertiary/aromatic N) is 2. The molecule has 1 heterocycles. The molecule has 0 radical (unpaired) electrons. The number of sulfonamides is 1. The minimum atomic E-state index is -3.71. The third-order valence-corrected chi connectivity index (χ3v) is 8.49. The number of carbonyl (C=O) groups is 2. The van der Waals surface area contributed by atoms with E-state index in [1.807, 2.05) is 32.0 Å². The van der Waals surface area contributed by atoms with Crippen LogP contribution in [0.25, 0.3) is 10.8 Å². The number of nitrogens with one attached hydrogen (secondary N) is 1. The van der Waals surface area contributed by atoms with E-state index in [1.165, 1.54) is 21.3 Å². The molecule has 9 heteroatoms. The lowest BCUT2D eigenvalue weighted by molar-refractivity contribution is -0.141. The molecule has 2 amide bonds. The van der Waals surface area contributed by atoms with E-state index in [9.17, 15) is 22.4 Å².